The Kier molecular flexibility index (Phi) is 4.20. The number of hydrogen-bond acceptors (Lipinski definition) is 3. The average molecular weight is 299 g/mol. The second kappa shape index (κ2) is 5.48. The first-order chi connectivity index (χ1) is 8.15. The number of rotatable bonds is 4. The Bertz CT molecular complexity index is 377. The quantitative estimate of drug-likeness (QED) is 0.663. The van der Waals surface area contributed by atoms with E-state index >= 15 is 0 Å². The minimum absolute atomic E-state index is 0.142. The number of hydrogen-bond donors (Lipinski definition) is 2. The number of nitrogens with two attached hydrogens (primary N) is 1. The summed E-state index contributed by atoms with van der Waals surface area (Å²) in [4.78, 5) is 0. The molecule has 3 nitrogen and oxygen atoms in total. The van der Waals surface area contributed by atoms with Crippen molar-refractivity contribution in [1.29, 1.82) is 0 Å². The van der Waals surface area contributed by atoms with E-state index in [9.17, 15) is 0 Å². The smallest absolute Gasteiger partial charge is 0.0824 e. The van der Waals surface area contributed by atoms with E-state index in [-0.39, 0.29) is 11.6 Å². The molecular formula is C13H19BrN2O. The molecule has 1 aromatic carbocycles. The van der Waals surface area contributed by atoms with E-state index in [1.165, 1.54) is 5.56 Å². The summed E-state index contributed by atoms with van der Waals surface area (Å²) in [6.45, 7) is 2.98. The lowest BCUT2D eigenvalue weighted by molar-refractivity contribution is -0.0115. The van der Waals surface area contributed by atoms with E-state index in [0.717, 1.165) is 30.3 Å². The molecule has 1 aliphatic rings. The van der Waals surface area contributed by atoms with Crippen LogP contribution < -0.4 is 11.3 Å². The van der Waals surface area contributed by atoms with Gasteiger partial charge in [-0.3, -0.25) is 11.3 Å². The average Bonchev–Trinajstić information content (AvgIpc) is 2.76. The molecule has 0 aromatic heterocycles. The van der Waals surface area contributed by atoms with Crippen molar-refractivity contribution in [2.45, 2.75) is 37.8 Å². The van der Waals surface area contributed by atoms with Crippen LogP contribution in [0.3, 0.4) is 0 Å². The van der Waals surface area contributed by atoms with Crippen molar-refractivity contribution in [3.05, 3.63) is 34.3 Å². The van der Waals surface area contributed by atoms with Crippen molar-refractivity contribution in [2.75, 3.05) is 6.61 Å². The van der Waals surface area contributed by atoms with Crippen molar-refractivity contribution in [3.63, 3.8) is 0 Å². The number of ether oxygens (including phenoxy) is 1. The molecule has 3 N–H and O–H groups in total. The molecule has 1 aromatic rings. The van der Waals surface area contributed by atoms with Gasteiger partial charge in [-0.1, -0.05) is 34.1 Å². The monoisotopic (exact) mass is 298 g/mol. The zero-order valence-electron chi connectivity index (χ0n) is 10.1. The topological polar surface area (TPSA) is 47.3 Å². The van der Waals surface area contributed by atoms with Crippen LogP contribution in [0.2, 0.25) is 0 Å². The summed E-state index contributed by atoms with van der Waals surface area (Å²) in [5.41, 5.74) is 4.02. The van der Waals surface area contributed by atoms with Crippen molar-refractivity contribution in [3.8, 4) is 0 Å². The highest BCUT2D eigenvalue weighted by atomic mass is 79.9. The normalized spacial score (nSPS) is 26.1. The second-order valence-corrected chi connectivity index (χ2v) is 5.63. The lowest BCUT2D eigenvalue weighted by atomic mass is 9.89. The Labute approximate surface area is 111 Å². The maximum atomic E-state index is 5.85. The number of nitrogens with one attached hydrogen (secondary N) is 1. The summed E-state index contributed by atoms with van der Waals surface area (Å²) in [6, 6.07) is 8.38. The van der Waals surface area contributed by atoms with E-state index in [4.69, 9.17) is 10.6 Å². The molecule has 1 saturated heterocycles. The van der Waals surface area contributed by atoms with Gasteiger partial charge in [0.15, 0.2) is 0 Å². The zero-order valence-corrected chi connectivity index (χ0v) is 11.7. The first kappa shape index (κ1) is 13.0. The SMILES string of the molecule is CC1(C(Cc2ccccc2Br)NN)CCCO1. The first-order valence-electron chi connectivity index (χ1n) is 5.99. The molecule has 17 heavy (non-hydrogen) atoms. The summed E-state index contributed by atoms with van der Waals surface area (Å²) in [6.07, 6.45) is 3.05. The second-order valence-electron chi connectivity index (χ2n) is 4.78. The van der Waals surface area contributed by atoms with Gasteiger partial charge >= 0.3 is 0 Å². The van der Waals surface area contributed by atoms with Crippen LogP contribution >= 0.6 is 15.9 Å². The molecule has 2 unspecified atom stereocenters. The largest absolute Gasteiger partial charge is 0.374 e. The van der Waals surface area contributed by atoms with Gasteiger partial charge in [-0.25, -0.2) is 0 Å². The molecule has 2 atom stereocenters. The fourth-order valence-electron chi connectivity index (χ4n) is 2.41. The Morgan fingerprint density at radius 3 is 2.88 bits per heavy atom. The summed E-state index contributed by atoms with van der Waals surface area (Å²) in [5.74, 6) is 5.69. The minimum atomic E-state index is -0.149. The fourth-order valence-corrected chi connectivity index (χ4v) is 2.86. The lowest BCUT2D eigenvalue weighted by Crippen LogP contribution is -2.52. The molecule has 2 rings (SSSR count). The predicted octanol–water partition coefficient (Wildman–Crippen LogP) is 2.39. The molecule has 0 amide bonds. The van der Waals surface area contributed by atoms with Crippen LogP contribution in [0, 0.1) is 0 Å². The van der Waals surface area contributed by atoms with Crippen LogP contribution in [0.5, 0.6) is 0 Å². The maximum Gasteiger partial charge on any atom is 0.0824 e. The zero-order chi connectivity index (χ0) is 12.3. The molecule has 0 bridgehead atoms. The van der Waals surface area contributed by atoms with E-state index in [2.05, 4.69) is 40.4 Å². The minimum Gasteiger partial charge on any atom is -0.374 e. The van der Waals surface area contributed by atoms with Crippen molar-refractivity contribution in [1.82, 2.24) is 5.43 Å². The van der Waals surface area contributed by atoms with Gasteiger partial charge < -0.3 is 4.74 Å². The highest BCUT2D eigenvalue weighted by Gasteiger charge is 2.37. The number of halogens is 1. The van der Waals surface area contributed by atoms with Gasteiger partial charge in [-0.2, -0.15) is 0 Å². The van der Waals surface area contributed by atoms with Crippen LogP contribution in [0.4, 0.5) is 0 Å². The highest BCUT2D eigenvalue weighted by molar-refractivity contribution is 9.10. The number of hydrazine groups is 1. The van der Waals surface area contributed by atoms with Crippen molar-refractivity contribution in [2.24, 2.45) is 5.84 Å². The highest BCUT2D eigenvalue weighted by Crippen LogP contribution is 2.31. The first-order valence-corrected chi connectivity index (χ1v) is 6.78. The van der Waals surface area contributed by atoms with E-state index in [1.54, 1.807) is 0 Å². The molecule has 1 fully saturated rings. The third kappa shape index (κ3) is 2.88. The Balaban J connectivity index is 2.12. The summed E-state index contributed by atoms with van der Waals surface area (Å²) < 4.78 is 6.97. The van der Waals surface area contributed by atoms with Gasteiger partial charge in [-0.15, -0.1) is 0 Å². The van der Waals surface area contributed by atoms with Crippen LogP contribution in [0.15, 0.2) is 28.7 Å². The van der Waals surface area contributed by atoms with E-state index in [1.807, 2.05) is 12.1 Å². The van der Waals surface area contributed by atoms with Gasteiger partial charge in [0.25, 0.3) is 0 Å². The molecule has 0 radical (unpaired) electrons. The molecule has 0 aliphatic carbocycles. The fraction of sp³-hybridized carbons (Fsp3) is 0.538. The third-order valence-electron chi connectivity index (χ3n) is 3.57. The standard InChI is InChI=1S/C13H19BrN2O/c1-13(7-4-8-17-13)12(16-15)9-10-5-2-3-6-11(10)14/h2-3,5-6,12,16H,4,7-9,15H2,1H3. The van der Waals surface area contributed by atoms with Gasteiger partial charge in [0, 0.05) is 11.1 Å². The Morgan fingerprint density at radius 2 is 2.29 bits per heavy atom. The number of benzene rings is 1. The molecule has 94 valence electrons. The molecular weight excluding hydrogens is 280 g/mol. The van der Waals surface area contributed by atoms with E-state index in [0.29, 0.717) is 0 Å². The Morgan fingerprint density at radius 1 is 1.53 bits per heavy atom. The molecule has 0 saturated carbocycles. The van der Waals surface area contributed by atoms with Crippen molar-refractivity contribution >= 4 is 15.9 Å². The third-order valence-corrected chi connectivity index (χ3v) is 4.34. The summed E-state index contributed by atoms with van der Waals surface area (Å²) in [5, 5.41) is 0. The van der Waals surface area contributed by atoms with E-state index < -0.39 is 0 Å². The molecule has 4 heteroatoms. The van der Waals surface area contributed by atoms with Gasteiger partial charge in [0.05, 0.1) is 11.6 Å². The summed E-state index contributed by atoms with van der Waals surface area (Å²) >= 11 is 3.57. The molecule has 0 spiro atoms. The molecule has 1 heterocycles. The lowest BCUT2D eigenvalue weighted by Gasteiger charge is -2.33. The predicted molar refractivity (Wildman–Crippen MR) is 72.5 cm³/mol. The van der Waals surface area contributed by atoms with Gasteiger partial charge in [-0.05, 0) is 37.8 Å². The van der Waals surface area contributed by atoms with Crippen LogP contribution in [0.1, 0.15) is 25.3 Å². The van der Waals surface area contributed by atoms with Crippen LogP contribution in [-0.4, -0.2) is 18.2 Å². The van der Waals surface area contributed by atoms with Gasteiger partial charge in [0.2, 0.25) is 0 Å². The van der Waals surface area contributed by atoms with Crippen LogP contribution in [0.25, 0.3) is 0 Å². The van der Waals surface area contributed by atoms with Gasteiger partial charge in [0.1, 0.15) is 0 Å². The summed E-state index contributed by atoms with van der Waals surface area (Å²) in [7, 11) is 0. The molecule has 1 aliphatic heterocycles. The van der Waals surface area contributed by atoms with Crippen molar-refractivity contribution < 1.29 is 4.74 Å². The Hall–Kier alpha value is -0.420. The van der Waals surface area contributed by atoms with Crippen LogP contribution in [-0.2, 0) is 11.2 Å². The maximum absolute atomic E-state index is 5.85.